The highest BCUT2D eigenvalue weighted by atomic mass is 35.5. The summed E-state index contributed by atoms with van der Waals surface area (Å²) < 4.78 is 1.62. The van der Waals surface area contributed by atoms with E-state index < -0.39 is 0 Å². The molecule has 0 bridgehead atoms. The Kier molecular flexibility index (Phi) is 3.57. The van der Waals surface area contributed by atoms with Crippen LogP contribution < -0.4 is 5.73 Å². The highest BCUT2D eigenvalue weighted by Gasteiger charge is 2.10. The van der Waals surface area contributed by atoms with Crippen molar-refractivity contribution in [3.63, 3.8) is 0 Å². The van der Waals surface area contributed by atoms with Crippen molar-refractivity contribution in [3.05, 3.63) is 58.2 Å². The third-order valence-corrected chi connectivity index (χ3v) is 3.73. The molecule has 21 heavy (non-hydrogen) atoms. The van der Waals surface area contributed by atoms with Crippen molar-refractivity contribution >= 4 is 28.9 Å². The molecule has 1 aromatic heterocycles. The van der Waals surface area contributed by atoms with Crippen LogP contribution >= 0.6 is 23.2 Å². The van der Waals surface area contributed by atoms with Crippen molar-refractivity contribution in [1.82, 2.24) is 15.0 Å². The molecule has 2 aromatic carbocycles. The van der Waals surface area contributed by atoms with Crippen molar-refractivity contribution in [3.8, 4) is 16.9 Å². The number of rotatable bonds is 2. The normalized spacial score (nSPS) is 10.8. The number of nitrogens with two attached hydrogens (primary N) is 1. The lowest BCUT2D eigenvalue weighted by Gasteiger charge is -2.04. The molecule has 6 heteroatoms. The van der Waals surface area contributed by atoms with Crippen molar-refractivity contribution in [2.45, 2.75) is 6.92 Å². The smallest absolute Gasteiger partial charge is 0.113 e. The predicted molar refractivity (Wildman–Crippen MR) is 86.0 cm³/mol. The molecule has 4 nitrogen and oxygen atoms in total. The second-order valence-corrected chi connectivity index (χ2v) is 5.56. The van der Waals surface area contributed by atoms with E-state index in [1.54, 1.807) is 22.9 Å². The zero-order chi connectivity index (χ0) is 15.0. The van der Waals surface area contributed by atoms with E-state index in [0.717, 1.165) is 22.5 Å². The lowest BCUT2D eigenvalue weighted by Crippen LogP contribution is -1.96. The summed E-state index contributed by atoms with van der Waals surface area (Å²) in [7, 11) is 0. The molecule has 0 aliphatic carbocycles. The van der Waals surface area contributed by atoms with Crippen molar-refractivity contribution < 1.29 is 0 Å². The van der Waals surface area contributed by atoms with Crippen LogP contribution in [-0.2, 0) is 0 Å². The van der Waals surface area contributed by atoms with Crippen LogP contribution in [0.1, 0.15) is 5.56 Å². The Morgan fingerprint density at radius 3 is 2.67 bits per heavy atom. The van der Waals surface area contributed by atoms with Gasteiger partial charge >= 0.3 is 0 Å². The number of benzene rings is 2. The first kappa shape index (κ1) is 13.9. The van der Waals surface area contributed by atoms with Gasteiger partial charge in [-0.2, -0.15) is 0 Å². The van der Waals surface area contributed by atoms with Crippen LogP contribution in [0.3, 0.4) is 0 Å². The van der Waals surface area contributed by atoms with Crippen LogP contribution in [0, 0.1) is 6.92 Å². The summed E-state index contributed by atoms with van der Waals surface area (Å²) in [6.07, 6.45) is 1.82. The zero-order valence-corrected chi connectivity index (χ0v) is 12.7. The van der Waals surface area contributed by atoms with E-state index >= 15 is 0 Å². The highest BCUT2D eigenvalue weighted by molar-refractivity contribution is 6.32. The largest absolute Gasteiger partial charge is 0.399 e. The van der Waals surface area contributed by atoms with Gasteiger partial charge in [0.15, 0.2) is 0 Å². The first-order chi connectivity index (χ1) is 10.0. The first-order valence-corrected chi connectivity index (χ1v) is 7.04. The van der Waals surface area contributed by atoms with Gasteiger partial charge < -0.3 is 5.73 Å². The molecule has 3 aromatic rings. The Morgan fingerprint density at radius 1 is 1.10 bits per heavy atom. The summed E-state index contributed by atoms with van der Waals surface area (Å²) in [5.41, 5.74) is 9.79. The molecule has 0 fully saturated rings. The Balaban J connectivity index is 2.06. The monoisotopic (exact) mass is 318 g/mol. The Bertz CT molecular complexity index is 811. The maximum absolute atomic E-state index is 6.19. The quantitative estimate of drug-likeness (QED) is 0.723. The van der Waals surface area contributed by atoms with Gasteiger partial charge in [0.25, 0.3) is 0 Å². The van der Waals surface area contributed by atoms with E-state index in [4.69, 9.17) is 28.9 Å². The van der Waals surface area contributed by atoms with Gasteiger partial charge in [0, 0.05) is 16.3 Å². The van der Waals surface area contributed by atoms with Gasteiger partial charge in [-0.25, -0.2) is 4.68 Å². The molecule has 3 rings (SSSR count). The summed E-state index contributed by atoms with van der Waals surface area (Å²) in [6.45, 7) is 2.00. The summed E-state index contributed by atoms with van der Waals surface area (Å²) in [5.74, 6) is 0. The number of hydrogen-bond acceptors (Lipinski definition) is 3. The molecule has 0 radical (unpaired) electrons. The summed E-state index contributed by atoms with van der Waals surface area (Å²) >= 11 is 12.2. The first-order valence-electron chi connectivity index (χ1n) is 6.29. The number of hydrogen-bond donors (Lipinski definition) is 1. The predicted octanol–water partition coefficient (Wildman–Crippen LogP) is 4.13. The molecule has 2 N–H and O–H groups in total. The average molecular weight is 319 g/mol. The molecule has 1 heterocycles. The second-order valence-electron chi connectivity index (χ2n) is 4.72. The number of anilines is 1. The van der Waals surface area contributed by atoms with Gasteiger partial charge in [-0.15, -0.1) is 5.10 Å². The minimum Gasteiger partial charge on any atom is -0.399 e. The van der Waals surface area contributed by atoms with Crippen LogP contribution in [0.5, 0.6) is 0 Å². The number of nitrogen functional groups attached to an aromatic ring is 1. The molecule has 0 aliphatic rings. The maximum Gasteiger partial charge on any atom is 0.113 e. The molecule has 106 valence electrons. The molecule has 0 saturated carbocycles. The van der Waals surface area contributed by atoms with E-state index in [9.17, 15) is 0 Å². The van der Waals surface area contributed by atoms with Gasteiger partial charge in [-0.1, -0.05) is 34.5 Å². The van der Waals surface area contributed by atoms with Gasteiger partial charge in [-0.05, 0) is 42.8 Å². The molecule has 0 spiro atoms. The fourth-order valence-electron chi connectivity index (χ4n) is 2.08. The topological polar surface area (TPSA) is 56.7 Å². The van der Waals surface area contributed by atoms with Crippen LogP contribution in [-0.4, -0.2) is 15.0 Å². The lowest BCUT2D eigenvalue weighted by molar-refractivity contribution is 0.804. The summed E-state index contributed by atoms with van der Waals surface area (Å²) in [4.78, 5) is 0. The number of aryl methyl sites for hydroxylation is 1. The van der Waals surface area contributed by atoms with Gasteiger partial charge in [0.05, 0.1) is 16.9 Å². The van der Waals surface area contributed by atoms with Crippen LogP contribution in [0.4, 0.5) is 5.69 Å². The fourth-order valence-corrected chi connectivity index (χ4v) is 2.53. The summed E-state index contributed by atoms with van der Waals surface area (Å²) in [5, 5.41) is 9.50. The van der Waals surface area contributed by atoms with Crippen LogP contribution in [0.25, 0.3) is 16.9 Å². The average Bonchev–Trinajstić information content (AvgIpc) is 2.91. The Hall–Kier alpha value is -2.04. The van der Waals surface area contributed by atoms with Crippen molar-refractivity contribution in [2.24, 2.45) is 0 Å². The van der Waals surface area contributed by atoms with Crippen LogP contribution in [0.15, 0.2) is 42.6 Å². The molecule has 0 aliphatic heterocycles. The van der Waals surface area contributed by atoms with Gasteiger partial charge in [0.2, 0.25) is 0 Å². The second kappa shape index (κ2) is 5.39. The van der Waals surface area contributed by atoms with Crippen molar-refractivity contribution in [2.75, 3.05) is 5.73 Å². The molecule has 0 atom stereocenters. The minimum absolute atomic E-state index is 0.522. The maximum atomic E-state index is 6.19. The number of nitrogens with zero attached hydrogens (tertiary/aromatic N) is 3. The number of halogens is 2. The lowest BCUT2D eigenvalue weighted by atomic mass is 10.1. The van der Waals surface area contributed by atoms with E-state index in [-0.39, 0.29) is 0 Å². The molecule has 0 unspecified atom stereocenters. The van der Waals surface area contributed by atoms with Crippen LogP contribution in [0.2, 0.25) is 10.0 Å². The van der Waals surface area contributed by atoms with E-state index in [0.29, 0.717) is 15.7 Å². The summed E-state index contributed by atoms with van der Waals surface area (Å²) in [6, 6.07) is 10.9. The van der Waals surface area contributed by atoms with E-state index in [1.165, 1.54) is 0 Å². The highest BCUT2D eigenvalue weighted by Crippen LogP contribution is 2.27. The van der Waals surface area contributed by atoms with E-state index in [2.05, 4.69) is 10.3 Å². The van der Waals surface area contributed by atoms with E-state index in [1.807, 2.05) is 31.3 Å². The third kappa shape index (κ3) is 2.73. The molecule has 0 amide bonds. The fraction of sp³-hybridized carbons (Fsp3) is 0.0667. The minimum atomic E-state index is 0.522. The van der Waals surface area contributed by atoms with Gasteiger partial charge in [0.1, 0.15) is 5.69 Å². The van der Waals surface area contributed by atoms with Gasteiger partial charge in [-0.3, -0.25) is 0 Å². The third-order valence-electron chi connectivity index (χ3n) is 3.19. The zero-order valence-electron chi connectivity index (χ0n) is 11.2. The Morgan fingerprint density at radius 2 is 1.90 bits per heavy atom. The Labute approximate surface area is 132 Å². The molecule has 0 saturated heterocycles. The molecular formula is C15H12Cl2N4. The molecular weight excluding hydrogens is 307 g/mol. The van der Waals surface area contributed by atoms with Crippen molar-refractivity contribution in [1.29, 1.82) is 0 Å². The SMILES string of the molecule is Cc1ccc(Cl)cc1-c1cn(-c2ccc(N)cc2Cl)nn1. The number of aromatic nitrogens is 3. The standard InChI is InChI=1S/C15H12Cl2N4/c1-9-2-3-10(16)6-12(9)14-8-21(20-19-14)15-5-4-11(18)7-13(15)17/h2-8H,18H2,1H3.